The lowest BCUT2D eigenvalue weighted by Gasteiger charge is -2.26. The maximum atomic E-state index is 12.8. The first-order valence-corrected chi connectivity index (χ1v) is 9.50. The number of ether oxygens (including phenoxy) is 4. The zero-order valence-electron chi connectivity index (χ0n) is 17.7. The fourth-order valence-corrected chi connectivity index (χ4v) is 4.11. The first kappa shape index (κ1) is 21.0. The second-order valence-electron chi connectivity index (χ2n) is 6.96. The van der Waals surface area contributed by atoms with Crippen molar-refractivity contribution < 1.29 is 38.1 Å². The van der Waals surface area contributed by atoms with E-state index in [-0.39, 0.29) is 21.9 Å². The van der Waals surface area contributed by atoms with Gasteiger partial charge in [-0.2, -0.15) is 0 Å². The first-order valence-electron chi connectivity index (χ1n) is 9.50. The second kappa shape index (κ2) is 7.81. The first-order chi connectivity index (χ1) is 15.4. The van der Waals surface area contributed by atoms with E-state index >= 15 is 0 Å². The number of fused-ring (bicyclic) bond motifs is 5. The molecule has 32 heavy (non-hydrogen) atoms. The summed E-state index contributed by atoms with van der Waals surface area (Å²) < 4.78 is 19.5. The molecule has 3 aromatic rings. The van der Waals surface area contributed by atoms with Crippen LogP contribution in [0, 0.1) is 0 Å². The molecule has 0 aromatic heterocycles. The van der Waals surface area contributed by atoms with Crippen LogP contribution in [0.25, 0.3) is 33.0 Å². The third kappa shape index (κ3) is 2.84. The van der Waals surface area contributed by atoms with Gasteiger partial charge in [-0.1, -0.05) is 24.3 Å². The fourth-order valence-electron chi connectivity index (χ4n) is 4.11. The van der Waals surface area contributed by atoms with E-state index in [1.54, 1.807) is 12.1 Å². The van der Waals surface area contributed by atoms with Crippen LogP contribution in [0.2, 0.25) is 0 Å². The number of rotatable bonds is 4. The minimum absolute atomic E-state index is 0.199. The molecule has 0 aliphatic heterocycles. The zero-order chi connectivity index (χ0) is 23.2. The lowest BCUT2D eigenvalue weighted by atomic mass is 9.77. The van der Waals surface area contributed by atoms with E-state index in [1.807, 2.05) is 24.3 Å². The van der Waals surface area contributed by atoms with E-state index in [2.05, 4.69) is 0 Å². The minimum Gasteiger partial charge on any atom is -0.465 e. The van der Waals surface area contributed by atoms with Gasteiger partial charge in [-0.15, -0.1) is 0 Å². The lowest BCUT2D eigenvalue weighted by Crippen LogP contribution is -2.23. The Balaban J connectivity index is 2.26. The minimum atomic E-state index is -0.999. The molecule has 8 heteroatoms. The molecule has 0 unspecified atom stereocenters. The van der Waals surface area contributed by atoms with E-state index < -0.39 is 35.0 Å². The van der Waals surface area contributed by atoms with Gasteiger partial charge in [-0.25, -0.2) is 19.2 Å². The third-order valence-electron chi connectivity index (χ3n) is 5.51. The van der Waals surface area contributed by atoms with E-state index in [4.69, 9.17) is 18.9 Å². The maximum absolute atomic E-state index is 12.8. The highest BCUT2D eigenvalue weighted by Gasteiger charge is 2.36. The van der Waals surface area contributed by atoms with Crippen molar-refractivity contribution in [1.29, 1.82) is 0 Å². The molecule has 0 amide bonds. The molecule has 0 saturated carbocycles. The van der Waals surface area contributed by atoms with Gasteiger partial charge in [0.1, 0.15) is 0 Å². The molecule has 0 fully saturated rings. The Morgan fingerprint density at radius 3 is 1.12 bits per heavy atom. The van der Waals surface area contributed by atoms with Crippen LogP contribution in [-0.2, 0) is 18.9 Å². The third-order valence-corrected chi connectivity index (χ3v) is 5.51. The number of methoxy groups -OCH3 is 4. The summed E-state index contributed by atoms with van der Waals surface area (Å²) in [6, 6.07) is 11.0. The monoisotopic (exact) mass is 434 g/mol. The highest BCUT2D eigenvalue weighted by Crippen LogP contribution is 2.50. The van der Waals surface area contributed by atoms with Gasteiger partial charge in [0.05, 0.1) is 50.7 Å². The largest absolute Gasteiger partial charge is 0.465 e. The molecule has 1 aliphatic rings. The molecule has 0 heterocycles. The maximum Gasteiger partial charge on any atom is 0.339 e. The van der Waals surface area contributed by atoms with Crippen molar-refractivity contribution in [2.24, 2.45) is 0 Å². The smallest absolute Gasteiger partial charge is 0.339 e. The normalized spacial score (nSPS) is 11.0. The van der Waals surface area contributed by atoms with Gasteiger partial charge in [0.2, 0.25) is 0 Å². The standard InChI is InChI=1S/C24H18O8/c1-29-21(25)17-15-9-13-11-7-5-6-8-12(11)14(13)10-16(15)18(22(26)30-2)20(24(28)32-4)19(17)23(27)31-3/h5-10H,1-4H3. The van der Waals surface area contributed by atoms with Crippen LogP contribution in [-0.4, -0.2) is 52.3 Å². The molecule has 0 N–H and O–H groups in total. The SMILES string of the molecule is COC(=O)c1c(C(=O)OC)c(C(=O)OC)c2cc3c(cc2c1C(=O)OC)-c1ccccc1-3. The Morgan fingerprint density at radius 2 is 0.812 bits per heavy atom. The number of carbonyl (C=O) groups excluding carboxylic acids is 4. The summed E-state index contributed by atoms with van der Waals surface area (Å²) in [5.74, 6) is -3.74. The second-order valence-corrected chi connectivity index (χ2v) is 6.96. The summed E-state index contributed by atoms with van der Waals surface area (Å²) in [7, 11) is 4.50. The predicted molar refractivity (Wildman–Crippen MR) is 114 cm³/mol. The average Bonchev–Trinajstić information content (AvgIpc) is 2.83. The molecule has 8 nitrogen and oxygen atoms in total. The van der Waals surface area contributed by atoms with Gasteiger partial charge >= 0.3 is 23.9 Å². The summed E-state index contributed by atoms with van der Waals surface area (Å²) in [4.78, 5) is 51.2. The molecular formula is C24H18O8. The van der Waals surface area contributed by atoms with Gasteiger partial charge in [0.25, 0.3) is 0 Å². The average molecular weight is 434 g/mol. The van der Waals surface area contributed by atoms with Crippen LogP contribution in [0.5, 0.6) is 0 Å². The zero-order valence-corrected chi connectivity index (χ0v) is 17.7. The molecule has 0 saturated heterocycles. The molecule has 0 spiro atoms. The summed E-state index contributed by atoms with van der Waals surface area (Å²) >= 11 is 0. The Bertz CT molecular complexity index is 1230. The quantitative estimate of drug-likeness (QED) is 0.354. The van der Waals surface area contributed by atoms with Crippen molar-refractivity contribution in [3.8, 4) is 22.3 Å². The lowest BCUT2D eigenvalue weighted by molar-refractivity contribution is 0.0523. The van der Waals surface area contributed by atoms with E-state index in [9.17, 15) is 19.2 Å². The summed E-state index contributed by atoms with van der Waals surface area (Å²) in [6.45, 7) is 0. The number of hydrogen-bond donors (Lipinski definition) is 0. The molecule has 3 aromatic carbocycles. The Labute approximate surface area is 182 Å². The van der Waals surface area contributed by atoms with Gasteiger partial charge < -0.3 is 18.9 Å². The molecule has 162 valence electrons. The summed E-state index contributed by atoms with van der Waals surface area (Å²) in [5, 5.41) is 0.497. The van der Waals surface area contributed by atoms with E-state index in [0.29, 0.717) is 0 Å². The molecule has 0 bridgehead atoms. The van der Waals surface area contributed by atoms with Crippen molar-refractivity contribution in [2.75, 3.05) is 28.4 Å². The molecule has 1 aliphatic carbocycles. The molecule has 0 radical (unpaired) electrons. The number of carbonyl (C=O) groups is 4. The van der Waals surface area contributed by atoms with E-state index in [1.165, 1.54) is 0 Å². The van der Waals surface area contributed by atoms with Crippen LogP contribution < -0.4 is 0 Å². The predicted octanol–water partition coefficient (Wildman–Crippen LogP) is 3.63. The molecule has 0 atom stereocenters. The van der Waals surface area contributed by atoms with Gasteiger partial charge in [0.15, 0.2) is 0 Å². The van der Waals surface area contributed by atoms with Gasteiger partial charge in [0, 0.05) is 0 Å². The molecular weight excluding hydrogens is 416 g/mol. The van der Waals surface area contributed by atoms with Crippen molar-refractivity contribution in [3.05, 3.63) is 58.7 Å². The van der Waals surface area contributed by atoms with Gasteiger partial charge in [-0.3, -0.25) is 0 Å². The van der Waals surface area contributed by atoms with E-state index in [0.717, 1.165) is 50.7 Å². The highest BCUT2D eigenvalue weighted by molar-refractivity contribution is 6.26. The Kier molecular flexibility index (Phi) is 5.14. The number of hydrogen-bond acceptors (Lipinski definition) is 8. The fraction of sp³-hybridized carbons (Fsp3) is 0.167. The number of esters is 4. The van der Waals surface area contributed by atoms with Crippen LogP contribution in [0.1, 0.15) is 41.4 Å². The van der Waals surface area contributed by atoms with Crippen LogP contribution in [0.15, 0.2) is 36.4 Å². The van der Waals surface area contributed by atoms with Crippen LogP contribution in [0.3, 0.4) is 0 Å². The highest BCUT2D eigenvalue weighted by atomic mass is 16.5. The summed E-state index contributed by atoms with van der Waals surface area (Å²) in [5.41, 5.74) is 2.32. The summed E-state index contributed by atoms with van der Waals surface area (Å²) in [6.07, 6.45) is 0. The molecule has 4 rings (SSSR count). The van der Waals surface area contributed by atoms with Crippen molar-refractivity contribution in [1.82, 2.24) is 0 Å². The number of benzene rings is 3. The Hall–Kier alpha value is -4.20. The van der Waals surface area contributed by atoms with Crippen LogP contribution in [0.4, 0.5) is 0 Å². The van der Waals surface area contributed by atoms with Gasteiger partial charge in [-0.05, 0) is 45.2 Å². The van der Waals surface area contributed by atoms with Crippen molar-refractivity contribution in [2.45, 2.75) is 0 Å². The van der Waals surface area contributed by atoms with Crippen molar-refractivity contribution in [3.63, 3.8) is 0 Å². The Morgan fingerprint density at radius 1 is 0.500 bits per heavy atom. The van der Waals surface area contributed by atoms with Crippen molar-refractivity contribution >= 4 is 34.6 Å². The van der Waals surface area contributed by atoms with Crippen LogP contribution >= 0.6 is 0 Å². The topological polar surface area (TPSA) is 105 Å².